The van der Waals surface area contributed by atoms with E-state index in [-0.39, 0.29) is 0 Å². The molecule has 0 saturated carbocycles. The maximum atomic E-state index is 3.34. The molecule has 0 bridgehead atoms. The quantitative estimate of drug-likeness (QED) is 0.819. The molecule has 0 amide bonds. The van der Waals surface area contributed by atoms with Gasteiger partial charge in [-0.3, -0.25) is 4.90 Å². The van der Waals surface area contributed by atoms with Gasteiger partial charge < -0.3 is 5.32 Å². The molecule has 1 fully saturated rings. The molecule has 1 aromatic rings. The molecule has 0 aromatic carbocycles. The minimum absolute atomic E-state index is 0.576. The van der Waals surface area contributed by atoms with Gasteiger partial charge in [0.1, 0.15) is 0 Å². The van der Waals surface area contributed by atoms with Gasteiger partial charge in [-0.05, 0) is 24.9 Å². The zero-order chi connectivity index (χ0) is 9.97. The third kappa shape index (κ3) is 1.85. The van der Waals surface area contributed by atoms with Crippen LogP contribution in [-0.4, -0.2) is 30.6 Å². The van der Waals surface area contributed by atoms with Crippen molar-refractivity contribution in [3.05, 3.63) is 22.4 Å². The Bertz CT molecular complexity index is 267. The molecule has 0 aliphatic carbocycles. The SMILES string of the molecule is CCN(C1CNC1)C(C)c1cccs1. The second-order valence-corrected chi connectivity index (χ2v) is 4.81. The standard InChI is InChI=1S/C11H18N2S/c1-3-13(10-7-12-8-10)9(2)11-5-4-6-14-11/h4-6,9-10,12H,3,7-8H2,1-2H3. The highest BCUT2D eigenvalue weighted by Gasteiger charge is 2.27. The summed E-state index contributed by atoms with van der Waals surface area (Å²) in [4.78, 5) is 4.07. The van der Waals surface area contributed by atoms with Crippen LogP contribution in [0.25, 0.3) is 0 Å². The van der Waals surface area contributed by atoms with Crippen LogP contribution in [0.3, 0.4) is 0 Å². The Hall–Kier alpha value is -0.380. The van der Waals surface area contributed by atoms with Crippen molar-refractivity contribution in [1.29, 1.82) is 0 Å². The average molecular weight is 210 g/mol. The lowest BCUT2D eigenvalue weighted by Crippen LogP contribution is -2.57. The number of nitrogens with zero attached hydrogens (tertiary/aromatic N) is 1. The summed E-state index contributed by atoms with van der Waals surface area (Å²) in [6.07, 6.45) is 0. The van der Waals surface area contributed by atoms with Gasteiger partial charge in [0, 0.05) is 30.1 Å². The topological polar surface area (TPSA) is 15.3 Å². The number of likely N-dealkylation sites (N-methyl/N-ethyl adjacent to an activating group) is 1. The minimum Gasteiger partial charge on any atom is -0.314 e. The average Bonchev–Trinajstić information content (AvgIpc) is 2.62. The van der Waals surface area contributed by atoms with Gasteiger partial charge in [0.25, 0.3) is 0 Å². The fourth-order valence-electron chi connectivity index (χ4n) is 2.05. The number of hydrogen-bond acceptors (Lipinski definition) is 3. The number of thiophene rings is 1. The van der Waals surface area contributed by atoms with E-state index in [0.717, 1.165) is 25.7 Å². The highest BCUT2D eigenvalue weighted by Crippen LogP contribution is 2.26. The molecular formula is C11H18N2S. The first-order valence-electron chi connectivity index (χ1n) is 5.32. The van der Waals surface area contributed by atoms with E-state index in [2.05, 4.69) is 41.6 Å². The highest BCUT2D eigenvalue weighted by molar-refractivity contribution is 7.10. The van der Waals surface area contributed by atoms with Crippen LogP contribution in [-0.2, 0) is 0 Å². The molecule has 2 heterocycles. The summed E-state index contributed by atoms with van der Waals surface area (Å²) in [6, 6.07) is 5.71. The molecule has 2 nitrogen and oxygen atoms in total. The maximum Gasteiger partial charge on any atom is 0.0417 e. The smallest absolute Gasteiger partial charge is 0.0417 e. The van der Waals surface area contributed by atoms with Gasteiger partial charge in [-0.2, -0.15) is 0 Å². The molecule has 2 rings (SSSR count). The van der Waals surface area contributed by atoms with E-state index in [0.29, 0.717) is 6.04 Å². The van der Waals surface area contributed by atoms with E-state index in [4.69, 9.17) is 0 Å². The zero-order valence-corrected chi connectivity index (χ0v) is 9.68. The Morgan fingerprint density at radius 2 is 2.43 bits per heavy atom. The van der Waals surface area contributed by atoms with Crippen LogP contribution in [0.4, 0.5) is 0 Å². The largest absolute Gasteiger partial charge is 0.314 e. The molecule has 1 aliphatic rings. The summed E-state index contributed by atoms with van der Waals surface area (Å²) in [6.45, 7) is 8.02. The van der Waals surface area contributed by atoms with Gasteiger partial charge in [0.15, 0.2) is 0 Å². The predicted molar refractivity (Wildman–Crippen MR) is 61.8 cm³/mol. The van der Waals surface area contributed by atoms with E-state index in [9.17, 15) is 0 Å². The molecular weight excluding hydrogens is 192 g/mol. The second kappa shape index (κ2) is 4.43. The highest BCUT2D eigenvalue weighted by atomic mass is 32.1. The Balaban J connectivity index is 2.03. The predicted octanol–water partition coefficient (Wildman–Crippen LogP) is 2.10. The molecule has 1 N–H and O–H groups in total. The Morgan fingerprint density at radius 3 is 2.86 bits per heavy atom. The Labute approximate surface area is 89.9 Å². The normalized spacial score (nSPS) is 19.6. The van der Waals surface area contributed by atoms with Gasteiger partial charge in [0.05, 0.1) is 0 Å². The lowest BCUT2D eigenvalue weighted by Gasteiger charge is -2.41. The van der Waals surface area contributed by atoms with Crippen LogP contribution in [0.2, 0.25) is 0 Å². The summed E-state index contributed by atoms with van der Waals surface area (Å²) in [5.41, 5.74) is 0. The van der Waals surface area contributed by atoms with Crippen molar-refractivity contribution in [2.75, 3.05) is 19.6 Å². The van der Waals surface area contributed by atoms with Crippen molar-refractivity contribution >= 4 is 11.3 Å². The van der Waals surface area contributed by atoms with Gasteiger partial charge >= 0.3 is 0 Å². The van der Waals surface area contributed by atoms with E-state index < -0.39 is 0 Å². The summed E-state index contributed by atoms with van der Waals surface area (Å²) < 4.78 is 0. The molecule has 1 atom stereocenters. The minimum atomic E-state index is 0.576. The van der Waals surface area contributed by atoms with Gasteiger partial charge in [-0.25, -0.2) is 0 Å². The fourth-order valence-corrected chi connectivity index (χ4v) is 2.85. The van der Waals surface area contributed by atoms with Gasteiger partial charge in [0.2, 0.25) is 0 Å². The Kier molecular flexibility index (Phi) is 3.21. The van der Waals surface area contributed by atoms with Crippen molar-refractivity contribution in [3.8, 4) is 0 Å². The molecule has 0 radical (unpaired) electrons. The van der Waals surface area contributed by atoms with Crippen molar-refractivity contribution in [1.82, 2.24) is 10.2 Å². The summed E-state index contributed by atoms with van der Waals surface area (Å²) in [5.74, 6) is 0. The molecule has 1 unspecified atom stereocenters. The third-order valence-corrected chi connectivity index (χ3v) is 4.09. The molecule has 1 aromatic heterocycles. The lowest BCUT2D eigenvalue weighted by molar-refractivity contribution is 0.111. The van der Waals surface area contributed by atoms with Gasteiger partial charge in [-0.1, -0.05) is 13.0 Å². The van der Waals surface area contributed by atoms with Crippen LogP contribution in [0.15, 0.2) is 17.5 Å². The third-order valence-electron chi connectivity index (χ3n) is 3.05. The van der Waals surface area contributed by atoms with Crippen molar-refractivity contribution in [3.63, 3.8) is 0 Å². The maximum absolute atomic E-state index is 3.34. The summed E-state index contributed by atoms with van der Waals surface area (Å²) in [5, 5.41) is 5.50. The molecule has 14 heavy (non-hydrogen) atoms. The monoisotopic (exact) mass is 210 g/mol. The summed E-state index contributed by atoms with van der Waals surface area (Å²) >= 11 is 1.86. The second-order valence-electron chi connectivity index (χ2n) is 3.83. The lowest BCUT2D eigenvalue weighted by atomic mass is 10.1. The molecule has 3 heteroatoms. The molecule has 0 spiro atoms. The molecule has 1 saturated heterocycles. The van der Waals surface area contributed by atoms with Crippen molar-refractivity contribution in [2.24, 2.45) is 0 Å². The van der Waals surface area contributed by atoms with Crippen LogP contribution in [0, 0.1) is 0 Å². The van der Waals surface area contributed by atoms with E-state index >= 15 is 0 Å². The first kappa shape index (κ1) is 10.1. The Morgan fingerprint density at radius 1 is 1.64 bits per heavy atom. The van der Waals surface area contributed by atoms with E-state index in [1.165, 1.54) is 4.88 Å². The van der Waals surface area contributed by atoms with Crippen molar-refractivity contribution in [2.45, 2.75) is 25.9 Å². The number of nitrogens with one attached hydrogen (secondary N) is 1. The molecule has 1 aliphatic heterocycles. The first-order chi connectivity index (χ1) is 6.83. The fraction of sp³-hybridized carbons (Fsp3) is 0.636. The van der Waals surface area contributed by atoms with Gasteiger partial charge in [-0.15, -0.1) is 11.3 Å². The number of hydrogen-bond donors (Lipinski definition) is 1. The van der Waals surface area contributed by atoms with E-state index in [1.807, 2.05) is 11.3 Å². The first-order valence-corrected chi connectivity index (χ1v) is 6.20. The zero-order valence-electron chi connectivity index (χ0n) is 8.86. The number of rotatable bonds is 4. The summed E-state index contributed by atoms with van der Waals surface area (Å²) in [7, 11) is 0. The van der Waals surface area contributed by atoms with Crippen LogP contribution < -0.4 is 5.32 Å². The van der Waals surface area contributed by atoms with Crippen LogP contribution >= 0.6 is 11.3 Å². The van der Waals surface area contributed by atoms with Crippen LogP contribution in [0.1, 0.15) is 24.8 Å². The molecule has 78 valence electrons. The van der Waals surface area contributed by atoms with Crippen molar-refractivity contribution < 1.29 is 0 Å². The van der Waals surface area contributed by atoms with Crippen LogP contribution in [0.5, 0.6) is 0 Å². The van der Waals surface area contributed by atoms with E-state index in [1.54, 1.807) is 0 Å².